The van der Waals surface area contributed by atoms with Gasteiger partial charge in [0.15, 0.2) is 0 Å². The Morgan fingerprint density at radius 2 is 1.72 bits per heavy atom. The minimum Gasteiger partial charge on any atom is -0.497 e. The molecule has 4 rings (SSSR count). The fourth-order valence-electron chi connectivity index (χ4n) is 4.30. The third-order valence-electron chi connectivity index (χ3n) is 6.01. The fraction of sp³-hybridized carbons (Fsp3) is 0.259. The molecule has 0 aromatic heterocycles. The number of para-hydroxylation sites is 1. The van der Waals surface area contributed by atoms with Crippen molar-refractivity contribution in [3.8, 4) is 17.2 Å². The van der Waals surface area contributed by atoms with E-state index in [1.807, 2.05) is 18.2 Å². The van der Waals surface area contributed by atoms with Crippen molar-refractivity contribution < 1.29 is 33.6 Å². The Kier molecular flexibility index (Phi) is 7.67. The second kappa shape index (κ2) is 10.9. The van der Waals surface area contributed by atoms with Gasteiger partial charge in [0.1, 0.15) is 29.5 Å². The van der Waals surface area contributed by atoms with Crippen molar-refractivity contribution in [3.63, 3.8) is 0 Å². The smallest absolute Gasteiger partial charge is 0.306 e. The van der Waals surface area contributed by atoms with Crippen LogP contribution in [-0.4, -0.2) is 44.4 Å². The number of ether oxygens (including phenoxy) is 4. The molecule has 1 amide bonds. The van der Waals surface area contributed by atoms with Gasteiger partial charge in [-0.3, -0.25) is 9.59 Å². The Morgan fingerprint density at radius 1 is 0.972 bits per heavy atom. The van der Waals surface area contributed by atoms with Crippen LogP contribution in [-0.2, 0) is 20.9 Å². The molecule has 8 nitrogen and oxygen atoms in total. The number of benzene rings is 3. The van der Waals surface area contributed by atoms with E-state index >= 15 is 0 Å². The minimum absolute atomic E-state index is 0.110. The van der Waals surface area contributed by atoms with Gasteiger partial charge >= 0.3 is 5.97 Å². The second-order valence-corrected chi connectivity index (χ2v) is 8.59. The lowest BCUT2D eigenvalue weighted by Gasteiger charge is -2.26. The highest BCUT2D eigenvalue weighted by Crippen LogP contribution is 2.43. The van der Waals surface area contributed by atoms with Gasteiger partial charge in [0.05, 0.1) is 40.0 Å². The number of fused-ring (bicyclic) bond motifs is 1. The van der Waals surface area contributed by atoms with Crippen LogP contribution >= 0.6 is 11.6 Å². The van der Waals surface area contributed by atoms with Gasteiger partial charge in [-0.25, -0.2) is 0 Å². The maximum absolute atomic E-state index is 13.8. The first-order valence-corrected chi connectivity index (χ1v) is 11.6. The fourth-order valence-corrected chi connectivity index (χ4v) is 4.48. The first-order valence-electron chi connectivity index (χ1n) is 11.2. The van der Waals surface area contributed by atoms with Gasteiger partial charge in [-0.15, -0.1) is 0 Å². The number of carbonyl (C=O) groups is 2. The SMILES string of the molecule is COc1ccc(CN2C(=O)C(CC(=O)O)OC(c3ccccc3OC)c3cc(Cl)ccc32)c(OC)c1. The predicted molar refractivity (Wildman–Crippen MR) is 134 cm³/mol. The summed E-state index contributed by atoms with van der Waals surface area (Å²) in [6, 6.07) is 17.7. The van der Waals surface area contributed by atoms with Crippen LogP contribution in [0.4, 0.5) is 5.69 Å². The van der Waals surface area contributed by atoms with E-state index in [1.165, 1.54) is 19.1 Å². The molecule has 3 aromatic rings. The Morgan fingerprint density at radius 3 is 2.42 bits per heavy atom. The van der Waals surface area contributed by atoms with Gasteiger partial charge in [-0.2, -0.15) is 0 Å². The van der Waals surface area contributed by atoms with Crippen LogP contribution in [0.1, 0.15) is 29.2 Å². The summed E-state index contributed by atoms with van der Waals surface area (Å²) in [5.74, 6) is 0.0294. The number of aliphatic carboxylic acids is 1. The summed E-state index contributed by atoms with van der Waals surface area (Å²) in [6.07, 6.45) is -2.57. The summed E-state index contributed by atoms with van der Waals surface area (Å²) in [5.41, 5.74) is 2.51. The standard InChI is InChI=1S/C27H26ClNO7/c1-33-18-10-8-16(23(13-18)35-3)15-29-21-11-9-17(28)12-20(21)26(19-6-4-5-7-22(19)34-2)36-24(27(29)32)14-25(30)31/h4-13,24,26H,14-15H2,1-3H3,(H,30,31). The lowest BCUT2D eigenvalue weighted by Crippen LogP contribution is -2.40. The van der Waals surface area contributed by atoms with Crippen molar-refractivity contribution in [2.24, 2.45) is 0 Å². The van der Waals surface area contributed by atoms with Crippen molar-refractivity contribution in [1.82, 2.24) is 0 Å². The number of carboxylic acids is 1. The molecule has 1 heterocycles. The lowest BCUT2D eigenvalue weighted by atomic mass is 9.98. The van der Waals surface area contributed by atoms with Crippen LogP contribution in [0.15, 0.2) is 60.7 Å². The van der Waals surface area contributed by atoms with Gasteiger partial charge in [-0.1, -0.05) is 29.8 Å². The Balaban J connectivity index is 1.89. The lowest BCUT2D eigenvalue weighted by molar-refractivity contribution is -0.147. The molecular formula is C27H26ClNO7. The van der Waals surface area contributed by atoms with Crippen LogP contribution < -0.4 is 19.1 Å². The Hall–Kier alpha value is -3.75. The Labute approximate surface area is 213 Å². The monoisotopic (exact) mass is 511 g/mol. The van der Waals surface area contributed by atoms with Crippen molar-refractivity contribution in [2.75, 3.05) is 26.2 Å². The molecule has 1 N–H and O–H groups in total. The molecule has 3 aromatic carbocycles. The highest BCUT2D eigenvalue weighted by Gasteiger charge is 2.39. The van der Waals surface area contributed by atoms with E-state index in [9.17, 15) is 14.7 Å². The van der Waals surface area contributed by atoms with E-state index in [0.717, 1.165) is 0 Å². The van der Waals surface area contributed by atoms with E-state index in [-0.39, 0.29) is 6.54 Å². The van der Waals surface area contributed by atoms with Crippen LogP contribution in [0.2, 0.25) is 5.02 Å². The maximum Gasteiger partial charge on any atom is 0.306 e. The average molecular weight is 512 g/mol. The number of methoxy groups -OCH3 is 3. The molecule has 0 bridgehead atoms. The highest BCUT2D eigenvalue weighted by molar-refractivity contribution is 6.30. The summed E-state index contributed by atoms with van der Waals surface area (Å²) < 4.78 is 22.6. The number of amides is 1. The largest absolute Gasteiger partial charge is 0.497 e. The van der Waals surface area contributed by atoms with Crippen molar-refractivity contribution in [2.45, 2.75) is 25.2 Å². The summed E-state index contributed by atoms with van der Waals surface area (Å²) in [7, 11) is 4.62. The highest BCUT2D eigenvalue weighted by atomic mass is 35.5. The average Bonchev–Trinajstić information content (AvgIpc) is 2.98. The summed E-state index contributed by atoms with van der Waals surface area (Å²) in [6.45, 7) is 0.110. The van der Waals surface area contributed by atoms with E-state index in [1.54, 1.807) is 49.6 Å². The third-order valence-corrected chi connectivity index (χ3v) is 6.24. The summed E-state index contributed by atoms with van der Waals surface area (Å²) >= 11 is 6.38. The summed E-state index contributed by atoms with van der Waals surface area (Å²) in [4.78, 5) is 27.0. The molecule has 0 radical (unpaired) electrons. The maximum atomic E-state index is 13.8. The zero-order valence-electron chi connectivity index (χ0n) is 20.1. The molecule has 1 aliphatic heterocycles. The van der Waals surface area contributed by atoms with Gasteiger partial charge < -0.3 is 29.0 Å². The van der Waals surface area contributed by atoms with Crippen molar-refractivity contribution in [1.29, 1.82) is 0 Å². The van der Waals surface area contributed by atoms with Crippen molar-refractivity contribution in [3.05, 3.63) is 82.4 Å². The molecule has 0 spiro atoms. The number of rotatable bonds is 8. The van der Waals surface area contributed by atoms with Crippen molar-refractivity contribution >= 4 is 29.2 Å². The molecule has 188 valence electrons. The van der Waals surface area contributed by atoms with Gasteiger partial charge in [0, 0.05) is 27.8 Å². The molecule has 0 aliphatic carbocycles. The van der Waals surface area contributed by atoms with Gasteiger partial charge in [0.2, 0.25) is 0 Å². The number of nitrogens with zero attached hydrogens (tertiary/aromatic N) is 1. The number of carboxylic acid groups (broad SMARTS) is 1. The zero-order chi connectivity index (χ0) is 25.8. The third kappa shape index (κ3) is 5.10. The number of hydrogen-bond donors (Lipinski definition) is 1. The molecule has 9 heteroatoms. The minimum atomic E-state index is -1.26. The number of hydrogen-bond acceptors (Lipinski definition) is 6. The number of carbonyl (C=O) groups excluding carboxylic acids is 1. The van der Waals surface area contributed by atoms with Gasteiger partial charge in [0.25, 0.3) is 5.91 Å². The Bertz CT molecular complexity index is 1280. The van der Waals surface area contributed by atoms with Crippen LogP contribution in [0.5, 0.6) is 17.2 Å². The van der Waals surface area contributed by atoms with Gasteiger partial charge in [-0.05, 0) is 36.4 Å². The molecule has 36 heavy (non-hydrogen) atoms. The molecule has 1 aliphatic rings. The van der Waals surface area contributed by atoms with Crippen LogP contribution in [0, 0.1) is 0 Å². The molecule has 0 saturated heterocycles. The molecule has 0 saturated carbocycles. The first kappa shape index (κ1) is 25.3. The van der Waals surface area contributed by atoms with E-state index < -0.39 is 30.5 Å². The first-order chi connectivity index (χ1) is 17.4. The topological polar surface area (TPSA) is 94.5 Å². The predicted octanol–water partition coefficient (Wildman–Crippen LogP) is 4.86. The summed E-state index contributed by atoms with van der Waals surface area (Å²) in [5, 5.41) is 10.0. The molecular weight excluding hydrogens is 486 g/mol. The molecule has 0 fully saturated rings. The van der Waals surface area contributed by atoms with Crippen LogP contribution in [0.25, 0.3) is 0 Å². The normalized spacial score (nSPS) is 17.2. The number of halogens is 1. The molecule has 2 atom stereocenters. The number of anilines is 1. The van der Waals surface area contributed by atoms with Crippen LogP contribution in [0.3, 0.4) is 0 Å². The van der Waals surface area contributed by atoms with E-state index in [0.29, 0.717) is 44.6 Å². The molecule has 2 unspecified atom stereocenters. The quantitative estimate of drug-likeness (QED) is 0.461. The second-order valence-electron chi connectivity index (χ2n) is 8.15. The van der Waals surface area contributed by atoms with E-state index in [4.69, 9.17) is 30.5 Å². The van der Waals surface area contributed by atoms with E-state index in [2.05, 4.69) is 0 Å². The zero-order valence-corrected chi connectivity index (χ0v) is 20.8.